The van der Waals surface area contributed by atoms with Crippen LogP contribution in [0.25, 0.3) is 11.0 Å². The van der Waals surface area contributed by atoms with Gasteiger partial charge in [0, 0.05) is 18.1 Å². The number of benzene rings is 1. The third-order valence-electron chi connectivity index (χ3n) is 3.34. The van der Waals surface area contributed by atoms with Gasteiger partial charge in [-0.2, -0.15) is 0 Å². The lowest BCUT2D eigenvalue weighted by Crippen LogP contribution is -2.13. The molecule has 4 nitrogen and oxygen atoms in total. The molecule has 0 unspecified atom stereocenters. The summed E-state index contributed by atoms with van der Waals surface area (Å²) in [6, 6.07) is 13.9. The lowest BCUT2D eigenvalue weighted by Gasteiger charge is -2.06. The number of primary amides is 1. The number of amides is 1. The highest BCUT2D eigenvalue weighted by Gasteiger charge is 2.07. The standard InChI is InChI=1S/C16H15N3O/c1-11-2-4-12(5-3-11)10-19-9-8-13-6-7-14(15(17)20)18-16(13)19/h2-9H,10H2,1H3,(H2,17,20). The number of pyridine rings is 1. The van der Waals surface area contributed by atoms with Crippen molar-refractivity contribution < 1.29 is 4.79 Å². The molecule has 3 rings (SSSR count). The molecule has 0 spiro atoms. The number of nitrogens with zero attached hydrogens (tertiary/aromatic N) is 2. The van der Waals surface area contributed by atoms with Crippen LogP contribution in [0.5, 0.6) is 0 Å². The number of fused-ring (bicyclic) bond motifs is 1. The molecule has 0 atom stereocenters. The molecule has 100 valence electrons. The average Bonchev–Trinajstić information content (AvgIpc) is 2.84. The Balaban J connectivity index is 2.00. The summed E-state index contributed by atoms with van der Waals surface area (Å²) < 4.78 is 2.02. The molecule has 1 aromatic carbocycles. The Morgan fingerprint density at radius 2 is 1.90 bits per heavy atom. The zero-order valence-electron chi connectivity index (χ0n) is 11.2. The topological polar surface area (TPSA) is 60.9 Å². The van der Waals surface area contributed by atoms with Gasteiger partial charge in [-0.3, -0.25) is 4.79 Å². The number of hydrogen-bond donors (Lipinski definition) is 1. The van der Waals surface area contributed by atoms with Crippen molar-refractivity contribution in [1.29, 1.82) is 0 Å². The van der Waals surface area contributed by atoms with Crippen LogP contribution in [0.4, 0.5) is 0 Å². The van der Waals surface area contributed by atoms with E-state index in [2.05, 4.69) is 36.2 Å². The molecule has 0 aliphatic carbocycles. The summed E-state index contributed by atoms with van der Waals surface area (Å²) in [5.41, 5.74) is 8.78. The molecule has 1 amide bonds. The quantitative estimate of drug-likeness (QED) is 0.791. The summed E-state index contributed by atoms with van der Waals surface area (Å²) in [5.74, 6) is -0.505. The van der Waals surface area contributed by atoms with Crippen LogP contribution in [0.15, 0.2) is 48.7 Å². The fraction of sp³-hybridized carbons (Fsp3) is 0.125. The molecule has 4 heteroatoms. The second-order valence-corrected chi connectivity index (χ2v) is 4.90. The van der Waals surface area contributed by atoms with Crippen molar-refractivity contribution >= 4 is 16.9 Å². The van der Waals surface area contributed by atoms with Crippen molar-refractivity contribution in [2.75, 3.05) is 0 Å². The lowest BCUT2D eigenvalue weighted by molar-refractivity contribution is 0.0996. The number of rotatable bonds is 3. The van der Waals surface area contributed by atoms with Crippen molar-refractivity contribution in [1.82, 2.24) is 9.55 Å². The van der Waals surface area contributed by atoms with E-state index in [1.54, 1.807) is 6.07 Å². The van der Waals surface area contributed by atoms with Gasteiger partial charge in [-0.1, -0.05) is 29.8 Å². The maximum atomic E-state index is 11.2. The van der Waals surface area contributed by atoms with Crippen molar-refractivity contribution in [2.24, 2.45) is 5.73 Å². The van der Waals surface area contributed by atoms with E-state index in [0.29, 0.717) is 5.69 Å². The predicted molar refractivity (Wildman–Crippen MR) is 78.5 cm³/mol. The first kappa shape index (κ1) is 12.4. The fourth-order valence-electron chi connectivity index (χ4n) is 2.22. The van der Waals surface area contributed by atoms with Crippen LogP contribution >= 0.6 is 0 Å². The minimum Gasteiger partial charge on any atom is -0.364 e. The Morgan fingerprint density at radius 3 is 2.60 bits per heavy atom. The first-order valence-corrected chi connectivity index (χ1v) is 6.45. The van der Waals surface area contributed by atoms with Gasteiger partial charge in [-0.25, -0.2) is 4.98 Å². The van der Waals surface area contributed by atoms with Crippen LogP contribution in [-0.2, 0) is 6.54 Å². The summed E-state index contributed by atoms with van der Waals surface area (Å²) in [7, 11) is 0. The summed E-state index contributed by atoms with van der Waals surface area (Å²) in [6.07, 6.45) is 1.97. The van der Waals surface area contributed by atoms with Crippen molar-refractivity contribution in [3.05, 3.63) is 65.5 Å². The first-order chi connectivity index (χ1) is 9.63. The number of carbonyl (C=O) groups is 1. The Morgan fingerprint density at radius 1 is 1.15 bits per heavy atom. The Hall–Kier alpha value is -2.62. The van der Waals surface area contributed by atoms with Gasteiger partial charge in [0.25, 0.3) is 5.91 Å². The Kier molecular flexibility index (Phi) is 2.99. The van der Waals surface area contributed by atoms with Gasteiger partial charge in [0.2, 0.25) is 0 Å². The molecule has 2 aromatic heterocycles. The molecule has 20 heavy (non-hydrogen) atoms. The van der Waals surface area contributed by atoms with Gasteiger partial charge in [0.1, 0.15) is 11.3 Å². The Labute approximate surface area is 116 Å². The van der Waals surface area contributed by atoms with Crippen LogP contribution in [0.1, 0.15) is 21.6 Å². The van der Waals surface area contributed by atoms with Gasteiger partial charge in [-0.15, -0.1) is 0 Å². The lowest BCUT2D eigenvalue weighted by atomic mass is 10.1. The SMILES string of the molecule is Cc1ccc(Cn2ccc3ccc(C(N)=O)nc32)cc1. The number of nitrogens with two attached hydrogens (primary N) is 1. The molecule has 0 aliphatic rings. The van der Waals surface area contributed by atoms with Crippen LogP contribution in [0.2, 0.25) is 0 Å². The van der Waals surface area contributed by atoms with E-state index < -0.39 is 5.91 Å². The third kappa shape index (κ3) is 2.28. The van der Waals surface area contributed by atoms with Gasteiger partial charge < -0.3 is 10.3 Å². The van der Waals surface area contributed by atoms with Gasteiger partial charge in [0.05, 0.1) is 0 Å². The van der Waals surface area contributed by atoms with Crippen LogP contribution in [0.3, 0.4) is 0 Å². The molecule has 2 heterocycles. The molecule has 0 saturated carbocycles. The van der Waals surface area contributed by atoms with E-state index in [1.807, 2.05) is 22.9 Å². The van der Waals surface area contributed by atoms with E-state index in [1.165, 1.54) is 11.1 Å². The zero-order valence-corrected chi connectivity index (χ0v) is 11.2. The molecular weight excluding hydrogens is 250 g/mol. The Bertz CT molecular complexity index is 772. The highest BCUT2D eigenvalue weighted by molar-refractivity contribution is 5.93. The van der Waals surface area contributed by atoms with Gasteiger partial charge >= 0.3 is 0 Å². The summed E-state index contributed by atoms with van der Waals surface area (Å²) >= 11 is 0. The van der Waals surface area contributed by atoms with E-state index in [0.717, 1.165) is 17.6 Å². The van der Waals surface area contributed by atoms with Crippen LogP contribution in [-0.4, -0.2) is 15.5 Å². The minimum atomic E-state index is -0.505. The number of hydrogen-bond acceptors (Lipinski definition) is 2. The monoisotopic (exact) mass is 265 g/mol. The second-order valence-electron chi connectivity index (χ2n) is 4.90. The highest BCUT2D eigenvalue weighted by atomic mass is 16.1. The molecule has 2 N–H and O–H groups in total. The maximum Gasteiger partial charge on any atom is 0.267 e. The fourth-order valence-corrected chi connectivity index (χ4v) is 2.22. The predicted octanol–water partition coefficient (Wildman–Crippen LogP) is 2.49. The largest absolute Gasteiger partial charge is 0.364 e. The highest BCUT2D eigenvalue weighted by Crippen LogP contribution is 2.16. The maximum absolute atomic E-state index is 11.2. The summed E-state index contributed by atoms with van der Waals surface area (Å²) in [4.78, 5) is 15.6. The normalized spacial score (nSPS) is 10.8. The van der Waals surface area contributed by atoms with E-state index in [9.17, 15) is 4.79 Å². The third-order valence-corrected chi connectivity index (χ3v) is 3.34. The molecule has 0 aliphatic heterocycles. The van der Waals surface area contributed by atoms with Crippen LogP contribution < -0.4 is 5.73 Å². The zero-order chi connectivity index (χ0) is 14.1. The van der Waals surface area contributed by atoms with E-state index in [-0.39, 0.29) is 0 Å². The molecule has 0 saturated heterocycles. The van der Waals surface area contributed by atoms with Crippen molar-refractivity contribution in [2.45, 2.75) is 13.5 Å². The number of aromatic nitrogens is 2. The molecular formula is C16H15N3O. The number of carbonyl (C=O) groups excluding carboxylic acids is 1. The van der Waals surface area contributed by atoms with Gasteiger partial charge in [-0.05, 0) is 30.7 Å². The smallest absolute Gasteiger partial charge is 0.267 e. The minimum absolute atomic E-state index is 0.293. The molecule has 0 fully saturated rings. The van der Waals surface area contributed by atoms with Crippen LogP contribution in [0, 0.1) is 6.92 Å². The molecule has 0 bridgehead atoms. The first-order valence-electron chi connectivity index (χ1n) is 6.45. The number of aryl methyl sites for hydroxylation is 1. The second kappa shape index (κ2) is 4.81. The van der Waals surface area contributed by atoms with E-state index >= 15 is 0 Å². The van der Waals surface area contributed by atoms with Crippen molar-refractivity contribution in [3.8, 4) is 0 Å². The van der Waals surface area contributed by atoms with E-state index in [4.69, 9.17) is 5.73 Å². The summed E-state index contributed by atoms with van der Waals surface area (Å²) in [5, 5.41) is 1.00. The summed E-state index contributed by atoms with van der Waals surface area (Å²) in [6.45, 7) is 2.79. The molecule has 3 aromatic rings. The van der Waals surface area contributed by atoms with Crippen molar-refractivity contribution in [3.63, 3.8) is 0 Å². The average molecular weight is 265 g/mol. The molecule has 0 radical (unpaired) electrons. The van der Waals surface area contributed by atoms with Gasteiger partial charge in [0.15, 0.2) is 0 Å².